The molecule has 116 valence electrons. The number of rotatable bonds is 4. The molecule has 22 heavy (non-hydrogen) atoms. The minimum atomic E-state index is -0.229. The Morgan fingerprint density at radius 3 is 2.32 bits per heavy atom. The zero-order valence-electron chi connectivity index (χ0n) is 13.4. The number of nitrogens with one attached hydrogen (secondary N) is 3. The predicted octanol–water partition coefficient (Wildman–Crippen LogP) is 3.97. The quantitative estimate of drug-likeness (QED) is 0.800. The van der Waals surface area contributed by atoms with Gasteiger partial charge in [0.2, 0.25) is 0 Å². The normalized spacial score (nSPS) is 10.4. The monoisotopic (exact) mass is 298 g/mol. The van der Waals surface area contributed by atoms with Gasteiger partial charge in [0.1, 0.15) is 5.82 Å². The van der Waals surface area contributed by atoms with E-state index in [9.17, 15) is 4.79 Å². The number of hydrogen-bond donors (Lipinski definition) is 3. The van der Waals surface area contributed by atoms with Crippen LogP contribution >= 0.6 is 0 Å². The molecule has 0 atom stereocenters. The van der Waals surface area contributed by atoms with Gasteiger partial charge in [-0.1, -0.05) is 18.2 Å². The molecule has 1 aromatic carbocycles. The summed E-state index contributed by atoms with van der Waals surface area (Å²) in [5.74, 6) is 0.743. The van der Waals surface area contributed by atoms with Crippen LogP contribution in [0, 0.1) is 13.8 Å². The fourth-order valence-corrected chi connectivity index (χ4v) is 2.11. The highest BCUT2D eigenvalue weighted by molar-refractivity contribution is 5.89. The van der Waals surface area contributed by atoms with Gasteiger partial charge in [0.15, 0.2) is 0 Å². The number of aryl methyl sites for hydroxylation is 2. The molecule has 2 aromatic rings. The summed E-state index contributed by atoms with van der Waals surface area (Å²) in [6, 6.07) is 9.68. The van der Waals surface area contributed by atoms with Gasteiger partial charge in [-0.3, -0.25) is 0 Å². The zero-order valence-corrected chi connectivity index (χ0v) is 13.4. The molecule has 2 rings (SSSR count). The van der Waals surface area contributed by atoms with Crippen molar-refractivity contribution < 1.29 is 4.79 Å². The minimum absolute atomic E-state index is 0.0953. The zero-order chi connectivity index (χ0) is 16.1. The summed E-state index contributed by atoms with van der Waals surface area (Å²) < 4.78 is 0. The molecule has 0 unspecified atom stereocenters. The van der Waals surface area contributed by atoms with Crippen molar-refractivity contribution in [3.8, 4) is 0 Å². The second-order valence-corrected chi connectivity index (χ2v) is 5.58. The van der Waals surface area contributed by atoms with Gasteiger partial charge in [-0.05, 0) is 51.0 Å². The Kier molecular flexibility index (Phi) is 4.99. The average Bonchev–Trinajstić information content (AvgIpc) is 2.44. The van der Waals surface area contributed by atoms with E-state index in [1.54, 1.807) is 6.20 Å². The first kappa shape index (κ1) is 15.8. The number of pyridine rings is 1. The van der Waals surface area contributed by atoms with Crippen LogP contribution in [0.3, 0.4) is 0 Å². The number of urea groups is 1. The molecule has 0 saturated carbocycles. The van der Waals surface area contributed by atoms with Crippen molar-refractivity contribution in [1.82, 2.24) is 10.3 Å². The van der Waals surface area contributed by atoms with E-state index in [-0.39, 0.29) is 12.1 Å². The molecule has 0 fully saturated rings. The minimum Gasteiger partial charge on any atom is -0.340 e. The van der Waals surface area contributed by atoms with Gasteiger partial charge in [-0.15, -0.1) is 0 Å². The summed E-state index contributed by atoms with van der Waals surface area (Å²) in [7, 11) is 0. The first-order chi connectivity index (χ1) is 10.5. The highest BCUT2D eigenvalue weighted by atomic mass is 16.2. The Labute approximate surface area is 131 Å². The number of amides is 2. The molecule has 0 spiro atoms. The maximum absolute atomic E-state index is 11.6. The molecule has 3 N–H and O–H groups in total. The van der Waals surface area contributed by atoms with E-state index in [0.717, 1.165) is 11.5 Å². The van der Waals surface area contributed by atoms with Crippen molar-refractivity contribution in [2.24, 2.45) is 0 Å². The van der Waals surface area contributed by atoms with Crippen molar-refractivity contribution in [3.63, 3.8) is 0 Å². The molecule has 1 aromatic heterocycles. The van der Waals surface area contributed by atoms with Crippen molar-refractivity contribution in [2.75, 3.05) is 10.6 Å². The Hall–Kier alpha value is -2.56. The van der Waals surface area contributed by atoms with Crippen LogP contribution in [0.15, 0.2) is 36.5 Å². The van der Waals surface area contributed by atoms with Gasteiger partial charge in [0.25, 0.3) is 0 Å². The van der Waals surface area contributed by atoms with E-state index in [1.165, 1.54) is 11.1 Å². The molecular weight excluding hydrogens is 276 g/mol. The molecule has 1 heterocycles. The van der Waals surface area contributed by atoms with Gasteiger partial charge in [0.05, 0.1) is 11.9 Å². The first-order valence-corrected chi connectivity index (χ1v) is 7.32. The summed E-state index contributed by atoms with van der Waals surface area (Å²) in [5, 5.41) is 8.83. The van der Waals surface area contributed by atoms with Crippen LogP contribution in [-0.4, -0.2) is 17.1 Å². The number of benzene rings is 1. The largest absolute Gasteiger partial charge is 0.340 e. The SMILES string of the molecule is Cc1cccc(C)c1Nc1ccc(NC(=O)NC(C)C)cn1. The van der Waals surface area contributed by atoms with Gasteiger partial charge in [-0.2, -0.15) is 0 Å². The highest BCUT2D eigenvalue weighted by Gasteiger charge is 2.05. The number of para-hydroxylation sites is 1. The van der Waals surface area contributed by atoms with Crippen LogP contribution in [0.5, 0.6) is 0 Å². The molecule has 5 heteroatoms. The molecule has 0 saturated heterocycles. The average molecular weight is 298 g/mol. The van der Waals surface area contributed by atoms with Crippen molar-refractivity contribution >= 4 is 23.2 Å². The summed E-state index contributed by atoms with van der Waals surface area (Å²) in [6.07, 6.45) is 1.63. The second-order valence-electron chi connectivity index (χ2n) is 5.58. The molecule has 0 aliphatic carbocycles. The third kappa shape index (κ3) is 4.22. The van der Waals surface area contributed by atoms with Crippen molar-refractivity contribution in [1.29, 1.82) is 0 Å². The lowest BCUT2D eigenvalue weighted by Crippen LogP contribution is -2.34. The van der Waals surface area contributed by atoms with Gasteiger partial charge >= 0.3 is 6.03 Å². The van der Waals surface area contributed by atoms with E-state index in [0.29, 0.717) is 5.69 Å². The predicted molar refractivity (Wildman–Crippen MR) is 90.7 cm³/mol. The van der Waals surface area contributed by atoms with Crippen LogP contribution in [0.2, 0.25) is 0 Å². The number of carbonyl (C=O) groups is 1. The molecule has 0 radical (unpaired) electrons. The van der Waals surface area contributed by atoms with E-state index in [4.69, 9.17) is 0 Å². The van der Waals surface area contributed by atoms with E-state index < -0.39 is 0 Å². The standard InChI is InChI=1S/C17H22N4O/c1-11(2)19-17(22)20-14-8-9-15(18-10-14)21-16-12(3)6-5-7-13(16)4/h5-11H,1-4H3,(H,18,21)(H2,19,20,22). The van der Waals surface area contributed by atoms with Crippen LogP contribution in [0.4, 0.5) is 22.0 Å². The summed E-state index contributed by atoms with van der Waals surface area (Å²) in [5.41, 5.74) is 4.05. The smallest absolute Gasteiger partial charge is 0.319 e. The van der Waals surface area contributed by atoms with Crippen molar-refractivity contribution in [2.45, 2.75) is 33.7 Å². The van der Waals surface area contributed by atoms with Gasteiger partial charge in [0, 0.05) is 11.7 Å². The fourth-order valence-electron chi connectivity index (χ4n) is 2.11. The van der Waals surface area contributed by atoms with Crippen molar-refractivity contribution in [3.05, 3.63) is 47.7 Å². The maximum atomic E-state index is 11.6. The van der Waals surface area contributed by atoms with Gasteiger partial charge in [-0.25, -0.2) is 9.78 Å². The van der Waals surface area contributed by atoms with E-state index >= 15 is 0 Å². The van der Waals surface area contributed by atoms with Gasteiger partial charge < -0.3 is 16.0 Å². The number of hydrogen-bond acceptors (Lipinski definition) is 3. The number of anilines is 3. The fraction of sp³-hybridized carbons (Fsp3) is 0.294. The lowest BCUT2D eigenvalue weighted by Gasteiger charge is -2.13. The highest BCUT2D eigenvalue weighted by Crippen LogP contribution is 2.23. The van der Waals surface area contributed by atoms with Crippen LogP contribution in [0.25, 0.3) is 0 Å². The van der Waals surface area contributed by atoms with Crippen LogP contribution in [0.1, 0.15) is 25.0 Å². The molecule has 0 bridgehead atoms. The van der Waals surface area contributed by atoms with E-state index in [2.05, 4.69) is 46.9 Å². The van der Waals surface area contributed by atoms with E-state index in [1.807, 2.05) is 32.0 Å². The third-order valence-corrected chi connectivity index (χ3v) is 3.18. The number of carbonyl (C=O) groups excluding carboxylic acids is 1. The number of nitrogens with zero attached hydrogens (tertiary/aromatic N) is 1. The topological polar surface area (TPSA) is 66.0 Å². The summed E-state index contributed by atoms with van der Waals surface area (Å²) in [6.45, 7) is 7.94. The molecule has 0 aliphatic rings. The molecule has 2 amide bonds. The Balaban J connectivity index is 2.05. The van der Waals surface area contributed by atoms with Crippen LogP contribution in [-0.2, 0) is 0 Å². The molecule has 5 nitrogen and oxygen atoms in total. The number of aromatic nitrogens is 1. The summed E-state index contributed by atoms with van der Waals surface area (Å²) in [4.78, 5) is 16.0. The lowest BCUT2D eigenvalue weighted by molar-refractivity contribution is 0.250. The lowest BCUT2D eigenvalue weighted by atomic mass is 10.1. The molecular formula is C17H22N4O. The third-order valence-electron chi connectivity index (χ3n) is 3.18. The van der Waals surface area contributed by atoms with Crippen LogP contribution < -0.4 is 16.0 Å². The second kappa shape index (κ2) is 6.93. The summed E-state index contributed by atoms with van der Waals surface area (Å²) >= 11 is 0. The Morgan fingerprint density at radius 1 is 1.09 bits per heavy atom. The first-order valence-electron chi connectivity index (χ1n) is 7.32. The maximum Gasteiger partial charge on any atom is 0.319 e. The molecule has 0 aliphatic heterocycles. The Bertz CT molecular complexity index is 630. The Morgan fingerprint density at radius 2 is 1.77 bits per heavy atom.